The van der Waals surface area contributed by atoms with Crippen LogP contribution >= 0.6 is 12.2 Å². The van der Waals surface area contributed by atoms with Crippen molar-refractivity contribution in [3.8, 4) is 0 Å². The van der Waals surface area contributed by atoms with Crippen LogP contribution in [0.4, 0.5) is 5.82 Å². The van der Waals surface area contributed by atoms with E-state index in [-0.39, 0.29) is 5.56 Å². The zero-order valence-corrected chi connectivity index (χ0v) is 8.10. The second-order valence-electron chi connectivity index (χ2n) is 3.22. The van der Waals surface area contributed by atoms with Gasteiger partial charge in [0.25, 0.3) is 0 Å². The molecule has 6 heteroatoms. The van der Waals surface area contributed by atoms with Crippen LogP contribution in [0.5, 0.6) is 0 Å². The normalized spacial score (nSPS) is 15.1. The zero-order chi connectivity index (χ0) is 10.1. The van der Waals surface area contributed by atoms with Crippen molar-refractivity contribution in [3.05, 3.63) is 16.3 Å². The first kappa shape index (κ1) is 9.14. The summed E-state index contributed by atoms with van der Waals surface area (Å²) in [6.07, 6.45) is 2.13. The van der Waals surface area contributed by atoms with E-state index < -0.39 is 5.97 Å². The minimum Gasteiger partial charge on any atom is -0.478 e. The second kappa shape index (κ2) is 3.38. The average molecular weight is 211 g/mol. The van der Waals surface area contributed by atoms with Crippen molar-refractivity contribution in [2.75, 3.05) is 5.32 Å². The fourth-order valence-corrected chi connectivity index (χ4v) is 1.26. The molecular weight excluding hydrogens is 202 g/mol. The summed E-state index contributed by atoms with van der Waals surface area (Å²) in [5.74, 6) is -0.644. The van der Waals surface area contributed by atoms with Crippen molar-refractivity contribution in [1.82, 2.24) is 10.2 Å². The van der Waals surface area contributed by atoms with Crippen LogP contribution < -0.4 is 5.32 Å². The molecule has 0 saturated heterocycles. The Morgan fingerprint density at radius 1 is 1.71 bits per heavy atom. The van der Waals surface area contributed by atoms with Crippen molar-refractivity contribution in [2.45, 2.75) is 18.9 Å². The van der Waals surface area contributed by atoms with Gasteiger partial charge >= 0.3 is 5.97 Å². The molecule has 3 N–H and O–H groups in total. The topological polar surface area (TPSA) is 78.0 Å². The number of rotatable bonds is 3. The van der Waals surface area contributed by atoms with Gasteiger partial charge in [0.1, 0.15) is 10.2 Å². The molecule has 0 spiro atoms. The number of carboxylic acid groups (broad SMARTS) is 1. The van der Waals surface area contributed by atoms with E-state index in [0.717, 1.165) is 12.8 Å². The van der Waals surface area contributed by atoms with Crippen LogP contribution in [0.15, 0.2) is 6.07 Å². The summed E-state index contributed by atoms with van der Waals surface area (Å²) in [5.41, 5.74) is 0.126. The predicted octanol–water partition coefficient (Wildman–Crippen LogP) is 1.41. The Hall–Kier alpha value is -1.43. The number of aromatic nitrogens is 2. The van der Waals surface area contributed by atoms with Gasteiger partial charge in [0.05, 0.1) is 0 Å². The molecule has 1 aromatic heterocycles. The van der Waals surface area contributed by atoms with Gasteiger partial charge in [-0.15, -0.1) is 0 Å². The van der Waals surface area contributed by atoms with E-state index in [9.17, 15) is 4.79 Å². The zero-order valence-electron chi connectivity index (χ0n) is 7.28. The lowest BCUT2D eigenvalue weighted by Gasteiger charge is -2.05. The van der Waals surface area contributed by atoms with E-state index in [1.807, 2.05) is 0 Å². The van der Waals surface area contributed by atoms with Crippen LogP contribution in [-0.2, 0) is 0 Å². The number of hydrogen-bond acceptors (Lipinski definition) is 4. The predicted molar refractivity (Wildman–Crippen MR) is 53.0 cm³/mol. The van der Waals surface area contributed by atoms with Crippen LogP contribution in [0, 0.1) is 4.64 Å². The van der Waals surface area contributed by atoms with Crippen LogP contribution in [-0.4, -0.2) is 27.3 Å². The van der Waals surface area contributed by atoms with Gasteiger partial charge < -0.3 is 10.4 Å². The third kappa shape index (κ3) is 1.90. The Morgan fingerprint density at radius 3 is 3.00 bits per heavy atom. The number of H-pyrrole nitrogens is 1. The SMILES string of the molecule is O=C(O)c1cc(=S)[nH]nc1NC1CC1. The van der Waals surface area contributed by atoms with Crippen LogP contribution in [0.25, 0.3) is 0 Å². The van der Waals surface area contributed by atoms with Crippen molar-refractivity contribution in [1.29, 1.82) is 0 Å². The smallest absolute Gasteiger partial charge is 0.339 e. The van der Waals surface area contributed by atoms with E-state index in [0.29, 0.717) is 16.5 Å². The van der Waals surface area contributed by atoms with Gasteiger partial charge in [0, 0.05) is 6.04 Å². The van der Waals surface area contributed by atoms with Gasteiger partial charge in [-0.2, -0.15) is 5.10 Å². The number of nitrogens with one attached hydrogen (secondary N) is 2. The second-order valence-corrected chi connectivity index (χ2v) is 3.66. The highest BCUT2D eigenvalue weighted by atomic mass is 32.1. The number of anilines is 1. The van der Waals surface area contributed by atoms with Crippen LogP contribution in [0.1, 0.15) is 23.2 Å². The maximum atomic E-state index is 10.8. The monoisotopic (exact) mass is 211 g/mol. The number of aromatic amines is 1. The summed E-state index contributed by atoms with van der Waals surface area (Å²) in [6.45, 7) is 0. The van der Waals surface area contributed by atoms with E-state index in [4.69, 9.17) is 17.3 Å². The molecule has 1 aliphatic carbocycles. The van der Waals surface area contributed by atoms with Crippen molar-refractivity contribution >= 4 is 24.0 Å². The Kier molecular flexibility index (Phi) is 2.20. The molecule has 0 amide bonds. The van der Waals surface area contributed by atoms with Gasteiger partial charge in [-0.3, -0.25) is 5.10 Å². The van der Waals surface area contributed by atoms with Gasteiger partial charge in [-0.1, -0.05) is 12.2 Å². The highest BCUT2D eigenvalue weighted by molar-refractivity contribution is 7.71. The minimum absolute atomic E-state index is 0.126. The summed E-state index contributed by atoms with van der Waals surface area (Å²) < 4.78 is 0.323. The number of hydrogen-bond donors (Lipinski definition) is 3. The van der Waals surface area contributed by atoms with Gasteiger partial charge in [-0.05, 0) is 18.9 Å². The van der Waals surface area contributed by atoms with Gasteiger partial charge in [-0.25, -0.2) is 4.79 Å². The largest absolute Gasteiger partial charge is 0.478 e. The number of aromatic carboxylic acids is 1. The number of nitrogens with zero attached hydrogens (tertiary/aromatic N) is 1. The minimum atomic E-state index is -1.01. The Morgan fingerprint density at radius 2 is 2.43 bits per heavy atom. The maximum absolute atomic E-state index is 10.8. The highest BCUT2D eigenvalue weighted by Gasteiger charge is 2.23. The molecule has 1 fully saturated rings. The molecule has 0 radical (unpaired) electrons. The summed E-state index contributed by atoms with van der Waals surface area (Å²) in [7, 11) is 0. The molecule has 0 aliphatic heterocycles. The molecule has 74 valence electrons. The molecule has 5 nitrogen and oxygen atoms in total. The molecule has 0 atom stereocenters. The fraction of sp³-hybridized carbons (Fsp3) is 0.375. The molecule has 1 heterocycles. The third-order valence-corrected chi connectivity index (χ3v) is 2.17. The van der Waals surface area contributed by atoms with Crippen molar-refractivity contribution in [3.63, 3.8) is 0 Å². The van der Waals surface area contributed by atoms with E-state index in [2.05, 4.69) is 15.5 Å². The molecule has 1 aromatic rings. The molecule has 0 unspecified atom stereocenters. The van der Waals surface area contributed by atoms with Gasteiger partial charge in [0.2, 0.25) is 0 Å². The molecule has 1 saturated carbocycles. The lowest BCUT2D eigenvalue weighted by molar-refractivity contribution is 0.0697. The number of carboxylic acids is 1. The molecule has 1 aliphatic rings. The molecular formula is C8H9N3O2S. The van der Waals surface area contributed by atoms with Crippen molar-refractivity contribution < 1.29 is 9.90 Å². The molecule has 0 bridgehead atoms. The Balaban J connectivity index is 2.35. The molecule has 0 aromatic carbocycles. The lowest BCUT2D eigenvalue weighted by atomic mass is 10.3. The summed E-state index contributed by atoms with van der Waals surface area (Å²) >= 11 is 4.80. The number of carbonyl (C=O) groups is 1. The third-order valence-electron chi connectivity index (χ3n) is 1.96. The summed E-state index contributed by atoms with van der Waals surface area (Å²) in [5, 5.41) is 18.3. The van der Waals surface area contributed by atoms with E-state index in [1.165, 1.54) is 6.07 Å². The van der Waals surface area contributed by atoms with E-state index >= 15 is 0 Å². The lowest BCUT2D eigenvalue weighted by Crippen LogP contribution is -2.10. The molecule has 2 rings (SSSR count). The fourth-order valence-electron chi connectivity index (χ4n) is 1.10. The first-order valence-corrected chi connectivity index (χ1v) is 4.67. The van der Waals surface area contributed by atoms with Crippen molar-refractivity contribution in [2.24, 2.45) is 0 Å². The summed E-state index contributed by atoms with van der Waals surface area (Å²) in [6, 6.07) is 1.76. The average Bonchev–Trinajstić information content (AvgIpc) is 2.91. The Labute approximate surface area is 85.2 Å². The van der Waals surface area contributed by atoms with Gasteiger partial charge in [0.15, 0.2) is 5.82 Å². The van der Waals surface area contributed by atoms with E-state index in [1.54, 1.807) is 0 Å². The van der Waals surface area contributed by atoms with Crippen LogP contribution in [0.3, 0.4) is 0 Å². The Bertz CT molecular complexity index is 425. The quantitative estimate of drug-likeness (QED) is 0.659. The van der Waals surface area contributed by atoms with Crippen LogP contribution in [0.2, 0.25) is 0 Å². The first-order chi connectivity index (χ1) is 6.66. The molecule has 14 heavy (non-hydrogen) atoms. The summed E-state index contributed by atoms with van der Waals surface area (Å²) in [4.78, 5) is 10.8. The maximum Gasteiger partial charge on any atom is 0.339 e. The standard InChI is InChI=1S/C8H9N3O2S/c12-8(13)5-3-6(14)10-11-7(5)9-4-1-2-4/h3-4H,1-2H2,(H,9,11)(H,10,14)(H,12,13). The first-order valence-electron chi connectivity index (χ1n) is 4.26. The highest BCUT2D eigenvalue weighted by Crippen LogP contribution is 2.25.